The first-order valence-electron chi connectivity index (χ1n) is 9.50. The van der Waals surface area contributed by atoms with Crippen LogP contribution in [0.5, 0.6) is 0 Å². The second kappa shape index (κ2) is 9.77. The molecule has 0 bridgehead atoms. The second-order valence-corrected chi connectivity index (χ2v) is 7.56. The minimum atomic E-state index is -0.280. The first kappa shape index (κ1) is 20.4. The molecule has 31 heavy (non-hydrogen) atoms. The van der Waals surface area contributed by atoms with Crippen molar-refractivity contribution in [3.63, 3.8) is 0 Å². The van der Waals surface area contributed by atoms with Crippen LogP contribution in [0.4, 0.5) is 5.69 Å². The molecule has 0 aliphatic heterocycles. The topological polar surface area (TPSA) is 108 Å². The predicted octanol–water partition coefficient (Wildman–Crippen LogP) is 4.62. The van der Waals surface area contributed by atoms with Crippen LogP contribution in [0.15, 0.2) is 93.5 Å². The number of imidazole rings is 1. The summed E-state index contributed by atoms with van der Waals surface area (Å²) in [5, 5.41) is 13.3. The summed E-state index contributed by atoms with van der Waals surface area (Å²) < 4.78 is 0. The summed E-state index contributed by atoms with van der Waals surface area (Å²) in [6, 6.07) is 18.9. The van der Waals surface area contributed by atoms with Crippen molar-refractivity contribution in [3.05, 3.63) is 84.2 Å². The normalized spacial score (nSPS) is 11.8. The molecule has 1 amide bonds. The number of amidine groups is 1. The molecule has 8 nitrogen and oxygen atoms in total. The van der Waals surface area contributed by atoms with E-state index in [1.807, 2.05) is 55.5 Å². The molecule has 4 rings (SSSR count). The molecular weight excluding hydrogens is 410 g/mol. The Hall–Kier alpha value is -3.85. The molecule has 0 atom stereocenters. The number of fused-ring (bicyclic) bond motifs is 1. The summed E-state index contributed by atoms with van der Waals surface area (Å²) in [5.41, 5.74) is 6.79. The Morgan fingerprint density at radius 2 is 1.94 bits per heavy atom. The van der Waals surface area contributed by atoms with Gasteiger partial charge in [0.25, 0.3) is 5.91 Å². The van der Waals surface area contributed by atoms with Crippen LogP contribution in [0.2, 0.25) is 0 Å². The van der Waals surface area contributed by atoms with Gasteiger partial charge in [0, 0.05) is 18.0 Å². The molecule has 0 unspecified atom stereocenters. The summed E-state index contributed by atoms with van der Waals surface area (Å²) in [5.74, 6) is 0.131. The van der Waals surface area contributed by atoms with Crippen molar-refractivity contribution in [2.24, 2.45) is 15.3 Å². The molecule has 154 valence electrons. The van der Waals surface area contributed by atoms with Crippen molar-refractivity contribution in [2.75, 3.05) is 5.75 Å². The number of hydrogen-bond acceptors (Lipinski definition) is 6. The average molecular weight is 430 g/mol. The van der Waals surface area contributed by atoms with E-state index in [2.05, 4.69) is 35.7 Å². The SMILES string of the molecule is Cc1ccc(N=N/C(=N/NC(=O)CSc2nc3ccccc3[nH]2)c2cccnc2)cc1. The zero-order chi connectivity index (χ0) is 21.5. The van der Waals surface area contributed by atoms with Crippen molar-refractivity contribution >= 4 is 40.2 Å². The van der Waals surface area contributed by atoms with Gasteiger partial charge in [0.15, 0.2) is 5.16 Å². The van der Waals surface area contributed by atoms with E-state index in [0.29, 0.717) is 16.4 Å². The third-order valence-corrected chi connectivity index (χ3v) is 5.08. The van der Waals surface area contributed by atoms with E-state index in [1.54, 1.807) is 24.5 Å². The van der Waals surface area contributed by atoms with Gasteiger partial charge in [0.05, 0.1) is 22.5 Å². The van der Waals surface area contributed by atoms with Crippen molar-refractivity contribution in [3.8, 4) is 0 Å². The van der Waals surface area contributed by atoms with Crippen LogP contribution in [0.1, 0.15) is 11.1 Å². The average Bonchev–Trinajstić information content (AvgIpc) is 3.22. The van der Waals surface area contributed by atoms with Crippen LogP contribution in [0, 0.1) is 6.92 Å². The number of azo groups is 1. The van der Waals surface area contributed by atoms with Gasteiger partial charge in [-0.05, 0) is 43.3 Å². The number of pyridine rings is 1. The highest BCUT2D eigenvalue weighted by Crippen LogP contribution is 2.19. The number of carbonyl (C=O) groups excluding carboxylic acids is 1. The monoisotopic (exact) mass is 429 g/mol. The number of aromatic nitrogens is 3. The Morgan fingerprint density at radius 1 is 1.10 bits per heavy atom. The number of aromatic amines is 1. The number of H-pyrrole nitrogens is 1. The fraction of sp³-hybridized carbons (Fsp3) is 0.0909. The highest BCUT2D eigenvalue weighted by molar-refractivity contribution is 7.99. The number of carbonyl (C=O) groups is 1. The highest BCUT2D eigenvalue weighted by Gasteiger charge is 2.08. The van der Waals surface area contributed by atoms with Gasteiger partial charge in [0.2, 0.25) is 5.84 Å². The fourth-order valence-corrected chi connectivity index (χ4v) is 3.31. The van der Waals surface area contributed by atoms with Gasteiger partial charge >= 0.3 is 0 Å². The molecule has 0 aliphatic carbocycles. The first-order chi connectivity index (χ1) is 15.2. The predicted molar refractivity (Wildman–Crippen MR) is 121 cm³/mol. The van der Waals surface area contributed by atoms with Gasteiger partial charge in [-0.25, -0.2) is 10.4 Å². The van der Waals surface area contributed by atoms with Crippen molar-refractivity contribution in [1.29, 1.82) is 0 Å². The van der Waals surface area contributed by atoms with Crippen LogP contribution < -0.4 is 5.43 Å². The number of rotatable bonds is 6. The van der Waals surface area contributed by atoms with Crippen molar-refractivity contribution in [1.82, 2.24) is 20.4 Å². The molecule has 0 aliphatic rings. The first-order valence-corrected chi connectivity index (χ1v) is 10.5. The van der Waals surface area contributed by atoms with E-state index in [0.717, 1.165) is 16.6 Å². The smallest absolute Gasteiger partial charge is 0.250 e. The Kier molecular flexibility index (Phi) is 6.44. The number of para-hydroxylation sites is 2. The Morgan fingerprint density at radius 3 is 2.71 bits per heavy atom. The zero-order valence-corrected chi connectivity index (χ0v) is 17.5. The molecule has 0 spiro atoms. The third kappa shape index (κ3) is 5.61. The van der Waals surface area contributed by atoms with Gasteiger partial charge in [-0.15, -0.1) is 10.2 Å². The number of benzene rings is 2. The van der Waals surface area contributed by atoms with Crippen LogP contribution in [-0.4, -0.2) is 32.4 Å². The molecule has 9 heteroatoms. The van der Waals surface area contributed by atoms with Crippen molar-refractivity contribution in [2.45, 2.75) is 12.1 Å². The number of hydrazone groups is 1. The number of nitrogens with one attached hydrogen (secondary N) is 2. The Labute approximate surface area is 182 Å². The van der Waals surface area contributed by atoms with E-state index in [1.165, 1.54) is 11.8 Å². The van der Waals surface area contributed by atoms with Crippen LogP contribution in [-0.2, 0) is 4.79 Å². The number of nitrogens with zero attached hydrogens (tertiary/aromatic N) is 5. The second-order valence-electron chi connectivity index (χ2n) is 6.60. The summed E-state index contributed by atoms with van der Waals surface area (Å²) in [7, 11) is 0. The van der Waals surface area contributed by atoms with E-state index in [4.69, 9.17) is 0 Å². The number of amides is 1. The number of thioether (sulfide) groups is 1. The van der Waals surface area contributed by atoms with Gasteiger partial charge in [0.1, 0.15) is 0 Å². The molecule has 2 N–H and O–H groups in total. The largest absolute Gasteiger partial charge is 0.333 e. The van der Waals surface area contributed by atoms with Crippen LogP contribution >= 0.6 is 11.8 Å². The maximum atomic E-state index is 12.3. The van der Waals surface area contributed by atoms with E-state index in [-0.39, 0.29) is 17.5 Å². The minimum absolute atomic E-state index is 0.152. The van der Waals surface area contributed by atoms with Crippen LogP contribution in [0.25, 0.3) is 11.0 Å². The summed E-state index contributed by atoms with van der Waals surface area (Å²) in [6.45, 7) is 2.00. The summed E-state index contributed by atoms with van der Waals surface area (Å²) >= 11 is 1.30. The van der Waals surface area contributed by atoms with Gasteiger partial charge in [-0.1, -0.05) is 41.6 Å². The lowest BCUT2D eigenvalue weighted by molar-refractivity contribution is -0.118. The molecule has 2 aromatic heterocycles. The van der Waals surface area contributed by atoms with Gasteiger partial charge in [-0.3, -0.25) is 9.78 Å². The Balaban J connectivity index is 1.43. The summed E-state index contributed by atoms with van der Waals surface area (Å²) in [4.78, 5) is 24.0. The quantitative estimate of drug-likeness (QED) is 0.153. The maximum Gasteiger partial charge on any atom is 0.250 e. The Bertz CT molecular complexity index is 1200. The molecule has 0 saturated carbocycles. The van der Waals surface area contributed by atoms with Crippen molar-refractivity contribution < 1.29 is 4.79 Å². The fourth-order valence-electron chi connectivity index (χ4n) is 2.64. The maximum absolute atomic E-state index is 12.3. The molecule has 2 heterocycles. The van der Waals surface area contributed by atoms with E-state index >= 15 is 0 Å². The van der Waals surface area contributed by atoms with Gasteiger partial charge in [-0.2, -0.15) is 5.10 Å². The molecular formula is C22H19N7OS. The summed E-state index contributed by atoms with van der Waals surface area (Å²) in [6.07, 6.45) is 3.27. The molecule has 0 saturated heterocycles. The highest BCUT2D eigenvalue weighted by atomic mass is 32.2. The van der Waals surface area contributed by atoms with Crippen LogP contribution in [0.3, 0.4) is 0 Å². The third-order valence-electron chi connectivity index (χ3n) is 4.21. The van der Waals surface area contributed by atoms with Gasteiger partial charge < -0.3 is 4.98 Å². The lowest BCUT2D eigenvalue weighted by Gasteiger charge is -2.02. The zero-order valence-electron chi connectivity index (χ0n) is 16.7. The number of aryl methyl sites for hydroxylation is 1. The lowest BCUT2D eigenvalue weighted by Crippen LogP contribution is -2.21. The van der Waals surface area contributed by atoms with E-state index < -0.39 is 0 Å². The lowest BCUT2D eigenvalue weighted by atomic mass is 10.2. The standard InChI is InChI=1S/C22H19N7OS/c1-15-8-10-17(11-9-15)26-28-21(16-5-4-12-23-13-16)29-27-20(30)14-31-22-24-18-6-2-3-7-19(18)25-22/h2-13H,14H2,1H3,(H,24,25)(H,27,30)/b28-26?,29-21+. The number of hydrogen-bond donors (Lipinski definition) is 2. The van der Waals surface area contributed by atoms with E-state index in [9.17, 15) is 4.79 Å². The minimum Gasteiger partial charge on any atom is -0.333 e. The molecule has 2 aromatic carbocycles. The molecule has 0 radical (unpaired) electrons. The molecule has 4 aromatic rings. The molecule has 0 fully saturated rings.